The molecule has 35 heavy (non-hydrogen) atoms. The minimum absolute atomic E-state index is 0.288. The van der Waals surface area contributed by atoms with Crippen molar-refractivity contribution in [3.05, 3.63) is 57.3 Å². The molecule has 5 heterocycles. The Labute approximate surface area is 221 Å². The van der Waals surface area contributed by atoms with Crippen molar-refractivity contribution in [3.63, 3.8) is 0 Å². The van der Waals surface area contributed by atoms with Crippen LogP contribution in [0.4, 0.5) is 5.69 Å². The van der Waals surface area contributed by atoms with Crippen LogP contribution < -0.4 is 4.90 Å². The van der Waals surface area contributed by atoms with Gasteiger partial charge in [-0.3, -0.25) is 14.5 Å². The van der Waals surface area contributed by atoms with E-state index in [1.165, 1.54) is 58.1 Å². The molecular formula is C26H22N2O3S4. The zero-order chi connectivity index (χ0) is 24.1. The number of hydrogen-bond acceptors (Lipinski definition) is 7. The van der Waals surface area contributed by atoms with Crippen LogP contribution in [0.5, 0.6) is 0 Å². The molecular weight excluding hydrogens is 517 g/mol. The number of benzene rings is 1. The number of aliphatic carboxylic acids is 1. The highest BCUT2D eigenvalue weighted by Gasteiger charge is 2.33. The molecule has 0 radical (unpaired) electrons. The molecule has 1 amide bonds. The summed E-state index contributed by atoms with van der Waals surface area (Å²) in [5.74, 6) is -1.42. The van der Waals surface area contributed by atoms with Gasteiger partial charge in [-0.15, -0.1) is 22.7 Å². The van der Waals surface area contributed by atoms with Gasteiger partial charge in [-0.05, 0) is 84.8 Å². The number of carboxylic acid groups (broad SMARTS) is 1. The molecule has 9 heteroatoms. The van der Waals surface area contributed by atoms with Crippen LogP contribution in [0.2, 0.25) is 0 Å². The van der Waals surface area contributed by atoms with E-state index in [1.54, 1.807) is 22.7 Å². The number of thiophene rings is 2. The second-order valence-electron chi connectivity index (χ2n) is 8.86. The van der Waals surface area contributed by atoms with Crippen molar-refractivity contribution < 1.29 is 14.7 Å². The van der Waals surface area contributed by atoms with E-state index in [-0.39, 0.29) is 10.2 Å². The standard InChI is InChI=1S/C26H22N2O3S4/c29-23(30)14-28-25(31)22(35-26(28)32)13-18-5-6-20(33-18)21-8-7-19(34-21)17-11-15-3-1-9-27-10-2-4-16(12-17)24(15)27/h5-8,11-13H,1-4,9-10,14H2,(H,29,30)/b22-13-. The van der Waals surface area contributed by atoms with Gasteiger partial charge in [0.1, 0.15) is 10.9 Å². The molecule has 2 aromatic heterocycles. The van der Waals surface area contributed by atoms with Crippen LogP contribution in [0.3, 0.4) is 0 Å². The number of carboxylic acids is 1. The lowest BCUT2D eigenvalue weighted by molar-refractivity contribution is -0.140. The minimum Gasteiger partial charge on any atom is -0.480 e. The van der Waals surface area contributed by atoms with Crippen molar-refractivity contribution in [3.8, 4) is 20.2 Å². The Balaban J connectivity index is 1.25. The second-order valence-corrected chi connectivity index (χ2v) is 12.7. The molecule has 1 aromatic carbocycles. The van der Waals surface area contributed by atoms with Gasteiger partial charge >= 0.3 is 5.97 Å². The molecule has 1 N–H and O–H groups in total. The first-order valence-corrected chi connectivity index (χ1v) is 14.4. The van der Waals surface area contributed by atoms with E-state index in [9.17, 15) is 9.59 Å². The molecule has 3 aliphatic heterocycles. The van der Waals surface area contributed by atoms with Gasteiger partial charge < -0.3 is 10.0 Å². The molecule has 178 valence electrons. The van der Waals surface area contributed by atoms with Crippen molar-refractivity contribution in [2.24, 2.45) is 0 Å². The van der Waals surface area contributed by atoms with Crippen molar-refractivity contribution >= 4 is 74.6 Å². The number of amides is 1. The Morgan fingerprint density at radius 2 is 1.66 bits per heavy atom. The number of thioether (sulfide) groups is 1. The Morgan fingerprint density at radius 3 is 2.37 bits per heavy atom. The maximum Gasteiger partial charge on any atom is 0.323 e. The second kappa shape index (κ2) is 9.20. The van der Waals surface area contributed by atoms with Crippen molar-refractivity contribution in [2.45, 2.75) is 25.7 Å². The van der Waals surface area contributed by atoms with Gasteiger partial charge in [0.2, 0.25) is 0 Å². The van der Waals surface area contributed by atoms with Crippen LogP contribution >= 0.6 is 46.7 Å². The van der Waals surface area contributed by atoms with Crippen LogP contribution in [-0.4, -0.2) is 45.8 Å². The summed E-state index contributed by atoms with van der Waals surface area (Å²) in [4.78, 5) is 32.3. The first-order valence-electron chi connectivity index (χ1n) is 11.5. The van der Waals surface area contributed by atoms with Gasteiger partial charge in [0.05, 0.1) is 4.91 Å². The lowest BCUT2D eigenvalue weighted by Gasteiger charge is -2.37. The zero-order valence-corrected chi connectivity index (χ0v) is 22.0. The van der Waals surface area contributed by atoms with Crippen LogP contribution in [0.1, 0.15) is 28.8 Å². The summed E-state index contributed by atoms with van der Waals surface area (Å²) in [6.07, 6.45) is 6.61. The number of aryl methyl sites for hydroxylation is 2. The molecule has 1 saturated heterocycles. The van der Waals surface area contributed by atoms with E-state index in [1.807, 2.05) is 12.1 Å². The van der Waals surface area contributed by atoms with Crippen LogP contribution in [-0.2, 0) is 22.4 Å². The van der Waals surface area contributed by atoms with Crippen molar-refractivity contribution in [2.75, 3.05) is 24.5 Å². The summed E-state index contributed by atoms with van der Waals surface area (Å²) in [6, 6.07) is 13.3. The third-order valence-corrected chi connectivity index (χ3v) is 10.3. The molecule has 1 fully saturated rings. The van der Waals surface area contributed by atoms with E-state index < -0.39 is 12.5 Å². The average molecular weight is 539 g/mol. The largest absolute Gasteiger partial charge is 0.480 e. The molecule has 0 atom stereocenters. The lowest BCUT2D eigenvalue weighted by atomic mass is 9.90. The fourth-order valence-electron chi connectivity index (χ4n) is 5.03. The zero-order valence-electron chi connectivity index (χ0n) is 18.8. The van der Waals surface area contributed by atoms with Gasteiger partial charge in [-0.25, -0.2) is 0 Å². The third-order valence-electron chi connectivity index (χ3n) is 6.53. The maximum atomic E-state index is 12.6. The van der Waals surface area contributed by atoms with Crippen molar-refractivity contribution in [1.29, 1.82) is 0 Å². The first kappa shape index (κ1) is 23.0. The van der Waals surface area contributed by atoms with Crippen molar-refractivity contribution in [1.82, 2.24) is 4.90 Å². The number of nitrogens with zero attached hydrogens (tertiary/aromatic N) is 2. The summed E-state index contributed by atoms with van der Waals surface area (Å²) in [7, 11) is 0. The lowest BCUT2D eigenvalue weighted by Crippen LogP contribution is -2.34. The number of rotatable bonds is 5. The summed E-state index contributed by atoms with van der Waals surface area (Å²) >= 11 is 9.77. The highest BCUT2D eigenvalue weighted by atomic mass is 32.2. The molecule has 0 bridgehead atoms. The maximum absolute atomic E-state index is 12.6. The Hall–Kier alpha value is -2.46. The molecule has 3 aliphatic rings. The quantitative estimate of drug-likeness (QED) is 0.312. The predicted molar refractivity (Wildman–Crippen MR) is 149 cm³/mol. The van der Waals surface area contributed by atoms with Gasteiger partial charge in [0.15, 0.2) is 0 Å². The molecule has 6 rings (SSSR count). The highest BCUT2D eigenvalue weighted by molar-refractivity contribution is 8.26. The molecule has 0 unspecified atom stereocenters. The van der Waals surface area contributed by atoms with Crippen LogP contribution in [0, 0.1) is 0 Å². The number of thiocarbonyl (C=S) groups is 1. The fraction of sp³-hybridized carbons (Fsp3) is 0.269. The first-order chi connectivity index (χ1) is 17.0. The van der Waals surface area contributed by atoms with Gasteiger partial charge in [0, 0.05) is 38.3 Å². The number of carbonyl (C=O) groups excluding carboxylic acids is 1. The Kier molecular flexibility index (Phi) is 6.04. The molecule has 0 saturated carbocycles. The van der Waals surface area contributed by atoms with Gasteiger partial charge in [0.25, 0.3) is 5.91 Å². The number of anilines is 1. The SMILES string of the molecule is O=C(O)CN1C(=O)/C(=C/c2ccc(-c3ccc(-c4cc5c6c(c4)CCCN6CCC5)s3)s2)SC1=S. The molecule has 5 nitrogen and oxygen atoms in total. The smallest absolute Gasteiger partial charge is 0.323 e. The Morgan fingerprint density at radius 1 is 1.00 bits per heavy atom. The van der Waals surface area contributed by atoms with E-state index in [4.69, 9.17) is 17.3 Å². The molecule has 0 aliphatic carbocycles. The third kappa shape index (κ3) is 4.35. The summed E-state index contributed by atoms with van der Waals surface area (Å²) < 4.78 is 0.288. The summed E-state index contributed by atoms with van der Waals surface area (Å²) in [5.41, 5.74) is 5.81. The average Bonchev–Trinajstić information content (AvgIpc) is 3.56. The van der Waals surface area contributed by atoms with E-state index in [0.717, 1.165) is 39.3 Å². The van der Waals surface area contributed by atoms with Crippen LogP contribution in [0.25, 0.3) is 26.3 Å². The monoisotopic (exact) mass is 538 g/mol. The van der Waals surface area contributed by atoms with E-state index >= 15 is 0 Å². The molecule has 3 aromatic rings. The predicted octanol–water partition coefficient (Wildman–Crippen LogP) is 6.13. The number of carbonyl (C=O) groups is 2. The Bertz CT molecular complexity index is 1370. The normalized spacial score (nSPS) is 18.5. The van der Waals surface area contributed by atoms with Crippen LogP contribution in [0.15, 0.2) is 41.3 Å². The summed E-state index contributed by atoms with van der Waals surface area (Å²) in [6.45, 7) is 1.97. The fourth-order valence-corrected chi connectivity index (χ4v) is 8.39. The minimum atomic E-state index is -1.07. The number of hydrogen-bond donors (Lipinski definition) is 1. The summed E-state index contributed by atoms with van der Waals surface area (Å²) in [5, 5.41) is 9.02. The molecule has 0 spiro atoms. The van der Waals surface area contributed by atoms with E-state index in [2.05, 4.69) is 35.2 Å². The van der Waals surface area contributed by atoms with E-state index in [0.29, 0.717) is 4.91 Å². The van der Waals surface area contributed by atoms with Gasteiger partial charge in [-0.1, -0.05) is 24.0 Å². The van der Waals surface area contributed by atoms with Gasteiger partial charge in [-0.2, -0.15) is 0 Å². The topological polar surface area (TPSA) is 60.9 Å². The highest BCUT2D eigenvalue weighted by Crippen LogP contribution is 2.43.